The molecule has 3 heterocycles. The van der Waals surface area contributed by atoms with Gasteiger partial charge in [-0.15, -0.1) is 0 Å². The van der Waals surface area contributed by atoms with Crippen molar-refractivity contribution in [1.29, 1.82) is 0 Å². The molecule has 3 aromatic heterocycles. The van der Waals surface area contributed by atoms with Crippen molar-refractivity contribution in [2.75, 3.05) is 0 Å². The zero-order valence-electron chi connectivity index (χ0n) is 16.0. The Balaban J connectivity index is 1.98. The molecule has 0 saturated carbocycles. The summed E-state index contributed by atoms with van der Waals surface area (Å²) in [5, 5.41) is 17.3. The third-order valence-corrected chi connectivity index (χ3v) is 4.73. The van der Waals surface area contributed by atoms with E-state index in [9.17, 15) is 18.0 Å². The van der Waals surface area contributed by atoms with Gasteiger partial charge in [0.25, 0.3) is 0 Å². The Morgan fingerprint density at radius 2 is 1.90 bits per heavy atom. The molecule has 0 aliphatic carbocycles. The minimum absolute atomic E-state index is 0.0321. The minimum atomic E-state index is -4.61. The van der Waals surface area contributed by atoms with E-state index in [1.807, 2.05) is 6.92 Å². The van der Waals surface area contributed by atoms with Crippen molar-refractivity contribution in [3.8, 4) is 16.9 Å². The monoisotopic (exact) mass is 415 g/mol. The molecule has 4 rings (SSSR count). The first-order valence-electron chi connectivity index (χ1n) is 9.03. The molecule has 0 saturated heterocycles. The molecule has 0 atom stereocenters. The van der Waals surface area contributed by atoms with E-state index in [1.165, 1.54) is 42.1 Å². The van der Waals surface area contributed by atoms with Gasteiger partial charge in [0.2, 0.25) is 0 Å². The summed E-state index contributed by atoms with van der Waals surface area (Å²) in [4.78, 5) is 15.5. The maximum absolute atomic E-state index is 13.9. The van der Waals surface area contributed by atoms with E-state index in [-0.39, 0.29) is 28.0 Å². The van der Waals surface area contributed by atoms with Gasteiger partial charge >= 0.3 is 12.1 Å². The lowest BCUT2D eigenvalue weighted by atomic mass is 10.1. The molecule has 30 heavy (non-hydrogen) atoms. The highest BCUT2D eigenvalue weighted by molar-refractivity contribution is 5.89. The molecule has 0 aliphatic rings. The summed E-state index contributed by atoms with van der Waals surface area (Å²) in [7, 11) is 0. The van der Waals surface area contributed by atoms with Crippen LogP contribution >= 0.6 is 0 Å². The first-order valence-corrected chi connectivity index (χ1v) is 9.03. The Bertz CT molecular complexity index is 1260. The molecular formula is C20H16F3N5O2. The molecule has 10 heteroatoms. The van der Waals surface area contributed by atoms with Gasteiger partial charge in [-0.2, -0.15) is 23.4 Å². The summed E-state index contributed by atoms with van der Waals surface area (Å²) in [6.45, 7) is 3.92. The quantitative estimate of drug-likeness (QED) is 0.536. The predicted octanol–water partition coefficient (Wildman–Crippen LogP) is 4.33. The number of aromatic carboxylic acids is 1. The summed E-state index contributed by atoms with van der Waals surface area (Å²) < 4.78 is 44.5. The molecule has 0 fully saturated rings. The summed E-state index contributed by atoms with van der Waals surface area (Å²) in [5.74, 6) is -1.10. The van der Waals surface area contributed by atoms with E-state index in [0.717, 1.165) is 6.07 Å². The molecule has 154 valence electrons. The number of benzene rings is 1. The lowest BCUT2D eigenvalue weighted by molar-refractivity contribution is -0.136. The van der Waals surface area contributed by atoms with Crippen molar-refractivity contribution in [2.45, 2.75) is 26.6 Å². The van der Waals surface area contributed by atoms with Gasteiger partial charge in [-0.3, -0.25) is 4.68 Å². The van der Waals surface area contributed by atoms with Gasteiger partial charge in [-0.1, -0.05) is 0 Å². The topological polar surface area (TPSA) is 85.8 Å². The number of aromatic nitrogens is 5. The fourth-order valence-electron chi connectivity index (χ4n) is 3.25. The van der Waals surface area contributed by atoms with E-state index < -0.39 is 17.7 Å². The SMILES string of the molecule is CCn1cc(-c2cc(C(F)(F)F)c3c(C)nn(-c4ccc(C(=O)O)cc4)c3n2)cn1. The second-order valence-electron chi connectivity index (χ2n) is 6.69. The highest BCUT2D eigenvalue weighted by atomic mass is 19.4. The normalized spacial score (nSPS) is 11.9. The summed E-state index contributed by atoms with van der Waals surface area (Å²) >= 11 is 0. The number of carboxylic acids is 1. The van der Waals surface area contributed by atoms with Gasteiger partial charge in [0.1, 0.15) is 0 Å². The average molecular weight is 415 g/mol. The maximum atomic E-state index is 13.9. The molecular weight excluding hydrogens is 399 g/mol. The number of hydrogen-bond acceptors (Lipinski definition) is 4. The lowest BCUT2D eigenvalue weighted by Crippen LogP contribution is -2.08. The Labute approximate surface area is 168 Å². The molecule has 0 aliphatic heterocycles. The molecule has 0 unspecified atom stereocenters. The standard InChI is InChI=1S/C20H16F3N5O2/c1-3-27-10-13(9-24-27)16-8-15(20(21,22)23)17-11(2)26-28(18(17)25-16)14-6-4-12(5-7-14)19(29)30/h4-10H,3H2,1-2H3,(H,29,30). The third kappa shape index (κ3) is 3.30. The zero-order valence-corrected chi connectivity index (χ0v) is 16.0. The Morgan fingerprint density at radius 1 is 1.20 bits per heavy atom. The first-order chi connectivity index (χ1) is 14.2. The molecule has 1 aromatic carbocycles. The van der Waals surface area contributed by atoms with Gasteiger partial charge in [-0.05, 0) is 44.2 Å². The van der Waals surface area contributed by atoms with Crippen LogP contribution in [0.3, 0.4) is 0 Å². The van der Waals surface area contributed by atoms with Crippen LogP contribution in [0.1, 0.15) is 28.5 Å². The lowest BCUT2D eigenvalue weighted by Gasteiger charge is -2.11. The fraction of sp³-hybridized carbons (Fsp3) is 0.200. The van der Waals surface area contributed by atoms with Gasteiger partial charge in [0.15, 0.2) is 5.65 Å². The van der Waals surface area contributed by atoms with E-state index in [2.05, 4.69) is 15.2 Å². The van der Waals surface area contributed by atoms with Crippen molar-refractivity contribution < 1.29 is 23.1 Å². The highest BCUT2D eigenvalue weighted by Gasteiger charge is 2.36. The Hall–Kier alpha value is -3.69. The van der Waals surface area contributed by atoms with Crippen molar-refractivity contribution in [2.24, 2.45) is 0 Å². The summed E-state index contributed by atoms with van der Waals surface area (Å²) in [6.07, 6.45) is -1.51. The van der Waals surface area contributed by atoms with Crippen LogP contribution in [0, 0.1) is 6.92 Å². The van der Waals surface area contributed by atoms with Crippen LogP contribution in [0.4, 0.5) is 13.2 Å². The number of nitrogens with zero attached hydrogens (tertiary/aromatic N) is 5. The van der Waals surface area contributed by atoms with Crippen molar-refractivity contribution >= 4 is 17.0 Å². The zero-order chi connectivity index (χ0) is 21.6. The van der Waals surface area contributed by atoms with Crippen LogP contribution in [0.25, 0.3) is 28.0 Å². The number of alkyl halides is 3. The molecule has 0 spiro atoms. The Morgan fingerprint density at radius 3 is 2.47 bits per heavy atom. The van der Waals surface area contributed by atoms with E-state index in [0.29, 0.717) is 17.8 Å². The summed E-state index contributed by atoms with van der Waals surface area (Å²) in [6, 6.07) is 6.69. The molecule has 0 radical (unpaired) electrons. The van der Waals surface area contributed by atoms with Crippen LogP contribution < -0.4 is 0 Å². The fourth-order valence-corrected chi connectivity index (χ4v) is 3.25. The van der Waals surface area contributed by atoms with Crippen LogP contribution in [-0.4, -0.2) is 35.6 Å². The maximum Gasteiger partial charge on any atom is 0.417 e. The van der Waals surface area contributed by atoms with Crippen molar-refractivity contribution in [3.05, 3.63) is 59.5 Å². The van der Waals surface area contributed by atoms with Crippen LogP contribution in [0.5, 0.6) is 0 Å². The number of carboxylic acid groups (broad SMARTS) is 1. The number of pyridine rings is 1. The van der Waals surface area contributed by atoms with Crippen LogP contribution in [-0.2, 0) is 12.7 Å². The minimum Gasteiger partial charge on any atom is -0.478 e. The highest BCUT2D eigenvalue weighted by Crippen LogP contribution is 2.38. The number of hydrogen-bond donors (Lipinski definition) is 1. The molecule has 7 nitrogen and oxygen atoms in total. The molecule has 1 N–H and O–H groups in total. The summed E-state index contributed by atoms with van der Waals surface area (Å²) in [5.41, 5.74) is 0.405. The number of carbonyl (C=O) groups is 1. The Kier molecular flexibility index (Phi) is 4.56. The van der Waals surface area contributed by atoms with Crippen molar-refractivity contribution in [1.82, 2.24) is 24.5 Å². The molecule has 0 bridgehead atoms. The van der Waals surface area contributed by atoms with Gasteiger partial charge in [0, 0.05) is 18.3 Å². The van der Waals surface area contributed by atoms with Gasteiger partial charge < -0.3 is 5.11 Å². The number of halogens is 3. The average Bonchev–Trinajstić information content (AvgIpc) is 3.31. The van der Waals surface area contributed by atoms with Crippen LogP contribution in [0.15, 0.2) is 42.7 Å². The number of fused-ring (bicyclic) bond motifs is 1. The van der Waals surface area contributed by atoms with E-state index in [4.69, 9.17) is 5.11 Å². The van der Waals surface area contributed by atoms with E-state index in [1.54, 1.807) is 10.9 Å². The first kappa shape index (κ1) is 19.6. The van der Waals surface area contributed by atoms with Crippen molar-refractivity contribution in [3.63, 3.8) is 0 Å². The molecule has 4 aromatic rings. The second kappa shape index (κ2) is 6.97. The predicted molar refractivity (Wildman–Crippen MR) is 102 cm³/mol. The van der Waals surface area contributed by atoms with Gasteiger partial charge in [0.05, 0.1) is 39.8 Å². The number of aryl methyl sites for hydroxylation is 2. The molecule has 0 amide bonds. The van der Waals surface area contributed by atoms with Crippen LogP contribution in [0.2, 0.25) is 0 Å². The number of rotatable bonds is 4. The van der Waals surface area contributed by atoms with E-state index >= 15 is 0 Å². The third-order valence-electron chi connectivity index (χ3n) is 4.73. The smallest absolute Gasteiger partial charge is 0.417 e. The largest absolute Gasteiger partial charge is 0.478 e. The van der Waals surface area contributed by atoms with Gasteiger partial charge in [-0.25, -0.2) is 14.5 Å². The second-order valence-corrected chi connectivity index (χ2v) is 6.69.